The number of benzene rings is 1. The van der Waals surface area contributed by atoms with E-state index in [-0.39, 0.29) is 11.7 Å². The molecule has 0 bridgehead atoms. The minimum absolute atomic E-state index is 0.249. The van der Waals surface area contributed by atoms with Crippen molar-refractivity contribution in [3.8, 4) is 6.07 Å². The molecule has 72 valence electrons. The Balaban J connectivity index is 2.49. The fourth-order valence-electron chi connectivity index (χ4n) is 2.17. The van der Waals surface area contributed by atoms with E-state index < -0.39 is 5.41 Å². The molecule has 1 aliphatic rings. The van der Waals surface area contributed by atoms with Gasteiger partial charge in [0, 0.05) is 5.56 Å². The molecule has 0 spiro atoms. The molecule has 1 fully saturated rings. The van der Waals surface area contributed by atoms with Gasteiger partial charge in [0.25, 0.3) is 0 Å². The molecule has 1 aromatic rings. The Bertz CT molecular complexity index is 394. The molecule has 0 N–H and O–H groups in total. The molecular weight excluding hydrogens is 177 g/mol. The van der Waals surface area contributed by atoms with Gasteiger partial charge in [0.2, 0.25) is 0 Å². The van der Waals surface area contributed by atoms with Crippen molar-refractivity contribution in [3.05, 3.63) is 35.6 Å². The summed E-state index contributed by atoms with van der Waals surface area (Å²) in [7, 11) is 0. The summed E-state index contributed by atoms with van der Waals surface area (Å²) in [4.78, 5) is 0. The largest absolute Gasteiger partial charge is 0.207 e. The van der Waals surface area contributed by atoms with E-state index >= 15 is 0 Å². The number of hydrogen-bond donors (Lipinski definition) is 0. The first kappa shape index (κ1) is 9.21. The first-order chi connectivity index (χ1) is 6.70. The smallest absolute Gasteiger partial charge is 0.128 e. The van der Waals surface area contributed by atoms with Gasteiger partial charge < -0.3 is 0 Å². The molecule has 1 aliphatic carbocycles. The summed E-state index contributed by atoms with van der Waals surface area (Å²) in [5.74, 6) is 0.0185. The van der Waals surface area contributed by atoms with Crippen molar-refractivity contribution in [1.29, 1.82) is 5.26 Å². The van der Waals surface area contributed by atoms with Gasteiger partial charge in [-0.05, 0) is 24.8 Å². The molecular formula is C12H12FN. The molecule has 14 heavy (non-hydrogen) atoms. The number of halogens is 1. The van der Waals surface area contributed by atoms with Gasteiger partial charge in [-0.25, -0.2) is 4.39 Å². The molecule has 2 atom stereocenters. The van der Waals surface area contributed by atoms with E-state index in [1.165, 1.54) is 6.07 Å². The normalized spacial score (nSPS) is 30.5. The van der Waals surface area contributed by atoms with E-state index in [1.807, 2.05) is 6.92 Å². The van der Waals surface area contributed by atoms with Crippen molar-refractivity contribution in [1.82, 2.24) is 0 Å². The molecule has 2 unspecified atom stereocenters. The first-order valence-corrected chi connectivity index (χ1v) is 4.87. The Kier molecular flexibility index (Phi) is 2.03. The summed E-state index contributed by atoms with van der Waals surface area (Å²) < 4.78 is 13.5. The molecule has 0 saturated heterocycles. The molecule has 0 aliphatic heterocycles. The van der Waals surface area contributed by atoms with Crippen LogP contribution < -0.4 is 0 Å². The van der Waals surface area contributed by atoms with Gasteiger partial charge in [0.15, 0.2) is 0 Å². The SMILES string of the molecule is CC1CCC1(C#N)c1ccccc1F. The van der Waals surface area contributed by atoms with Gasteiger partial charge >= 0.3 is 0 Å². The van der Waals surface area contributed by atoms with Crippen LogP contribution in [0.25, 0.3) is 0 Å². The molecule has 0 amide bonds. The molecule has 0 aromatic heterocycles. The summed E-state index contributed by atoms with van der Waals surface area (Å²) >= 11 is 0. The quantitative estimate of drug-likeness (QED) is 0.666. The van der Waals surface area contributed by atoms with Crippen LogP contribution >= 0.6 is 0 Å². The second-order valence-corrected chi connectivity index (χ2v) is 4.00. The Labute approximate surface area is 83.2 Å². The molecule has 1 nitrogen and oxygen atoms in total. The Morgan fingerprint density at radius 2 is 2.21 bits per heavy atom. The van der Waals surface area contributed by atoms with Crippen LogP contribution in [0.5, 0.6) is 0 Å². The molecule has 0 radical (unpaired) electrons. The van der Waals surface area contributed by atoms with E-state index in [0.29, 0.717) is 5.56 Å². The van der Waals surface area contributed by atoms with Crippen LogP contribution in [-0.4, -0.2) is 0 Å². The van der Waals surface area contributed by atoms with Gasteiger partial charge in [0.1, 0.15) is 5.82 Å². The lowest BCUT2D eigenvalue weighted by Gasteiger charge is -2.42. The van der Waals surface area contributed by atoms with Crippen LogP contribution in [0, 0.1) is 23.1 Å². The highest BCUT2D eigenvalue weighted by Crippen LogP contribution is 2.48. The second-order valence-electron chi connectivity index (χ2n) is 4.00. The third-order valence-corrected chi connectivity index (χ3v) is 3.37. The van der Waals surface area contributed by atoms with Crippen molar-refractivity contribution in [2.24, 2.45) is 5.92 Å². The number of rotatable bonds is 1. The summed E-state index contributed by atoms with van der Waals surface area (Å²) in [6.07, 6.45) is 1.80. The minimum Gasteiger partial charge on any atom is -0.207 e. The number of nitrogens with zero attached hydrogens (tertiary/aromatic N) is 1. The van der Waals surface area contributed by atoms with E-state index in [2.05, 4.69) is 6.07 Å². The van der Waals surface area contributed by atoms with Crippen molar-refractivity contribution in [3.63, 3.8) is 0 Å². The van der Waals surface area contributed by atoms with E-state index in [0.717, 1.165) is 12.8 Å². The fraction of sp³-hybridized carbons (Fsp3) is 0.417. The van der Waals surface area contributed by atoms with E-state index in [1.54, 1.807) is 18.2 Å². The first-order valence-electron chi connectivity index (χ1n) is 4.87. The molecule has 1 aromatic carbocycles. The maximum absolute atomic E-state index is 13.5. The zero-order chi connectivity index (χ0) is 10.2. The molecule has 2 rings (SSSR count). The number of nitriles is 1. The van der Waals surface area contributed by atoms with Crippen LogP contribution in [-0.2, 0) is 5.41 Å². The Morgan fingerprint density at radius 3 is 2.64 bits per heavy atom. The van der Waals surface area contributed by atoms with Gasteiger partial charge in [-0.15, -0.1) is 0 Å². The lowest BCUT2D eigenvalue weighted by atomic mass is 9.58. The van der Waals surface area contributed by atoms with E-state index in [4.69, 9.17) is 5.26 Å². The minimum atomic E-state index is -0.564. The molecule has 1 saturated carbocycles. The highest BCUT2D eigenvalue weighted by Gasteiger charge is 2.47. The highest BCUT2D eigenvalue weighted by molar-refractivity contribution is 5.37. The van der Waals surface area contributed by atoms with E-state index in [9.17, 15) is 4.39 Å². The lowest BCUT2D eigenvalue weighted by Crippen LogP contribution is -2.42. The third-order valence-electron chi connectivity index (χ3n) is 3.37. The van der Waals surface area contributed by atoms with Gasteiger partial charge in [-0.2, -0.15) is 5.26 Å². The fourth-order valence-corrected chi connectivity index (χ4v) is 2.17. The zero-order valence-corrected chi connectivity index (χ0v) is 8.13. The average molecular weight is 189 g/mol. The van der Waals surface area contributed by atoms with Crippen molar-refractivity contribution >= 4 is 0 Å². The third kappa shape index (κ3) is 1.05. The summed E-state index contributed by atoms with van der Waals surface area (Å²) in [6.45, 7) is 2.01. The van der Waals surface area contributed by atoms with Gasteiger partial charge in [-0.3, -0.25) is 0 Å². The predicted molar refractivity (Wildman–Crippen MR) is 52.1 cm³/mol. The summed E-state index contributed by atoms with van der Waals surface area (Å²) in [5.41, 5.74) is 0.00646. The Morgan fingerprint density at radius 1 is 1.50 bits per heavy atom. The molecule has 2 heteroatoms. The zero-order valence-electron chi connectivity index (χ0n) is 8.13. The standard InChI is InChI=1S/C12H12FN/c1-9-6-7-12(9,8-14)10-4-2-3-5-11(10)13/h2-5,9H,6-7H2,1H3. The second kappa shape index (κ2) is 3.09. The van der Waals surface area contributed by atoms with Gasteiger partial charge in [0.05, 0.1) is 11.5 Å². The molecule has 0 heterocycles. The lowest BCUT2D eigenvalue weighted by molar-refractivity contribution is 0.196. The van der Waals surface area contributed by atoms with Crippen molar-refractivity contribution < 1.29 is 4.39 Å². The van der Waals surface area contributed by atoms with Crippen LogP contribution in [0.3, 0.4) is 0 Å². The highest BCUT2D eigenvalue weighted by atomic mass is 19.1. The van der Waals surface area contributed by atoms with Crippen LogP contribution in [0.2, 0.25) is 0 Å². The Hall–Kier alpha value is -1.36. The van der Waals surface area contributed by atoms with Crippen LogP contribution in [0.15, 0.2) is 24.3 Å². The van der Waals surface area contributed by atoms with Crippen LogP contribution in [0.1, 0.15) is 25.3 Å². The monoisotopic (exact) mass is 189 g/mol. The average Bonchev–Trinajstić information content (AvgIpc) is 2.20. The predicted octanol–water partition coefficient (Wildman–Crippen LogP) is 3.02. The maximum Gasteiger partial charge on any atom is 0.128 e. The number of hydrogen-bond acceptors (Lipinski definition) is 1. The topological polar surface area (TPSA) is 23.8 Å². The maximum atomic E-state index is 13.5. The van der Waals surface area contributed by atoms with Crippen LogP contribution in [0.4, 0.5) is 4.39 Å². The van der Waals surface area contributed by atoms with Crippen molar-refractivity contribution in [2.45, 2.75) is 25.2 Å². The summed E-state index contributed by atoms with van der Waals surface area (Å²) in [5, 5.41) is 9.17. The summed E-state index contributed by atoms with van der Waals surface area (Å²) in [6, 6.07) is 8.90. The van der Waals surface area contributed by atoms with Gasteiger partial charge in [-0.1, -0.05) is 25.1 Å². The van der Waals surface area contributed by atoms with Crippen molar-refractivity contribution in [2.75, 3.05) is 0 Å².